The molecule has 4 heteroatoms. The van der Waals surface area contributed by atoms with E-state index in [1.54, 1.807) is 0 Å². The number of aliphatic hydroxyl groups is 1. The molecule has 0 aromatic carbocycles. The van der Waals surface area contributed by atoms with Crippen molar-refractivity contribution in [2.24, 2.45) is 0 Å². The molecule has 3 nitrogen and oxygen atoms in total. The first-order chi connectivity index (χ1) is 4.90. The van der Waals surface area contributed by atoms with Crippen LogP contribution >= 0.6 is 11.3 Å². The van der Waals surface area contributed by atoms with Crippen LogP contribution in [0.1, 0.15) is 5.89 Å². The topological polar surface area (TPSA) is 46.3 Å². The number of thiophene rings is 1. The van der Waals surface area contributed by atoms with Crippen LogP contribution in [0.2, 0.25) is 0 Å². The summed E-state index contributed by atoms with van der Waals surface area (Å²) in [4.78, 5) is 4.84. The van der Waals surface area contributed by atoms with Crippen molar-refractivity contribution < 1.29 is 9.52 Å². The van der Waals surface area contributed by atoms with Crippen LogP contribution < -0.4 is 0 Å². The fourth-order valence-corrected chi connectivity index (χ4v) is 1.48. The highest BCUT2D eigenvalue weighted by Gasteiger charge is 2.03. The highest BCUT2D eigenvalue weighted by molar-refractivity contribution is 7.16. The number of hydrogen-bond acceptors (Lipinski definition) is 4. The van der Waals surface area contributed by atoms with E-state index in [1.807, 2.05) is 11.4 Å². The van der Waals surface area contributed by atoms with E-state index in [1.165, 1.54) is 11.3 Å². The van der Waals surface area contributed by atoms with Crippen molar-refractivity contribution in [3.8, 4) is 0 Å². The molecule has 1 N–H and O–H groups in total. The van der Waals surface area contributed by atoms with Gasteiger partial charge in [-0.15, -0.1) is 11.3 Å². The van der Waals surface area contributed by atoms with Gasteiger partial charge in [-0.25, -0.2) is 4.98 Å². The number of fused-ring (bicyclic) bond motifs is 1. The molecule has 10 heavy (non-hydrogen) atoms. The van der Waals surface area contributed by atoms with Gasteiger partial charge in [0, 0.05) is 0 Å². The van der Waals surface area contributed by atoms with Crippen molar-refractivity contribution >= 4 is 21.8 Å². The SMILES string of the molecule is OCc1nc2sccc2o1. The molecule has 0 saturated heterocycles. The second-order valence-electron chi connectivity index (χ2n) is 1.86. The van der Waals surface area contributed by atoms with Crippen molar-refractivity contribution in [3.05, 3.63) is 17.3 Å². The van der Waals surface area contributed by atoms with E-state index in [0.29, 0.717) is 5.89 Å². The van der Waals surface area contributed by atoms with E-state index < -0.39 is 0 Å². The summed E-state index contributed by atoms with van der Waals surface area (Å²) in [5.41, 5.74) is 0.758. The first kappa shape index (κ1) is 5.88. The van der Waals surface area contributed by atoms with E-state index in [-0.39, 0.29) is 6.61 Å². The van der Waals surface area contributed by atoms with E-state index >= 15 is 0 Å². The highest BCUT2D eigenvalue weighted by atomic mass is 32.1. The van der Waals surface area contributed by atoms with Crippen LogP contribution in [0.25, 0.3) is 10.4 Å². The van der Waals surface area contributed by atoms with Gasteiger partial charge in [0.1, 0.15) is 6.61 Å². The largest absolute Gasteiger partial charge is 0.437 e. The van der Waals surface area contributed by atoms with Gasteiger partial charge in [0.15, 0.2) is 10.4 Å². The molecule has 0 amide bonds. The Bertz CT molecular complexity index is 309. The molecule has 0 aliphatic rings. The third kappa shape index (κ3) is 0.732. The molecule has 0 spiro atoms. The predicted molar refractivity (Wildman–Crippen MR) is 37.8 cm³/mol. The Labute approximate surface area is 60.9 Å². The number of oxazole rings is 1. The molecule has 0 aliphatic heterocycles. The maximum atomic E-state index is 8.61. The van der Waals surface area contributed by atoms with Crippen molar-refractivity contribution in [2.45, 2.75) is 6.61 Å². The Kier molecular flexibility index (Phi) is 1.22. The smallest absolute Gasteiger partial charge is 0.222 e. The Hall–Kier alpha value is -0.870. The van der Waals surface area contributed by atoms with Gasteiger partial charge < -0.3 is 9.52 Å². The average Bonchev–Trinajstić information content (AvgIpc) is 2.42. The quantitative estimate of drug-likeness (QED) is 0.676. The lowest BCUT2D eigenvalue weighted by Crippen LogP contribution is -1.78. The molecular formula is C6H5NO2S. The lowest BCUT2D eigenvalue weighted by atomic mass is 10.6. The Balaban J connectivity index is 2.67. The summed E-state index contributed by atoms with van der Waals surface area (Å²) < 4.78 is 5.11. The monoisotopic (exact) mass is 155 g/mol. The lowest BCUT2D eigenvalue weighted by molar-refractivity contribution is 0.244. The summed E-state index contributed by atoms with van der Waals surface area (Å²) >= 11 is 1.51. The fraction of sp³-hybridized carbons (Fsp3) is 0.167. The second-order valence-corrected chi connectivity index (χ2v) is 2.75. The Morgan fingerprint density at radius 3 is 3.30 bits per heavy atom. The van der Waals surface area contributed by atoms with Gasteiger partial charge in [0.05, 0.1) is 0 Å². The number of hydrogen-bond donors (Lipinski definition) is 1. The molecule has 52 valence electrons. The zero-order valence-electron chi connectivity index (χ0n) is 5.07. The standard InChI is InChI=1S/C6H5NO2S/c8-3-5-7-6-4(9-5)1-2-10-6/h1-2,8H,3H2. The predicted octanol–water partition coefficient (Wildman–Crippen LogP) is 1.38. The van der Waals surface area contributed by atoms with Gasteiger partial charge in [-0.1, -0.05) is 0 Å². The minimum Gasteiger partial charge on any atom is -0.437 e. The first-order valence-corrected chi connectivity index (χ1v) is 3.72. The molecule has 0 aliphatic carbocycles. The van der Waals surface area contributed by atoms with Crippen molar-refractivity contribution in [3.63, 3.8) is 0 Å². The minimum atomic E-state index is -0.124. The molecule has 2 aromatic heterocycles. The van der Waals surface area contributed by atoms with E-state index in [9.17, 15) is 0 Å². The number of aliphatic hydroxyl groups excluding tert-OH is 1. The fourth-order valence-electron chi connectivity index (χ4n) is 0.779. The number of nitrogens with zero attached hydrogens (tertiary/aromatic N) is 1. The third-order valence-electron chi connectivity index (χ3n) is 1.20. The zero-order chi connectivity index (χ0) is 6.97. The van der Waals surface area contributed by atoms with Crippen LogP contribution in [0.5, 0.6) is 0 Å². The molecular weight excluding hydrogens is 150 g/mol. The van der Waals surface area contributed by atoms with Gasteiger partial charge in [0.2, 0.25) is 5.89 Å². The van der Waals surface area contributed by atoms with Gasteiger partial charge in [-0.2, -0.15) is 0 Å². The van der Waals surface area contributed by atoms with Crippen LogP contribution in [0.4, 0.5) is 0 Å². The van der Waals surface area contributed by atoms with Gasteiger partial charge in [-0.3, -0.25) is 0 Å². The summed E-state index contributed by atoms with van der Waals surface area (Å²) in [5.74, 6) is 0.391. The van der Waals surface area contributed by atoms with Crippen LogP contribution in [0, 0.1) is 0 Å². The van der Waals surface area contributed by atoms with E-state index in [2.05, 4.69) is 4.98 Å². The van der Waals surface area contributed by atoms with Crippen molar-refractivity contribution in [1.29, 1.82) is 0 Å². The van der Waals surface area contributed by atoms with Crippen molar-refractivity contribution in [1.82, 2.24) is 4.98 Å². The minimum absolute atomic E-state index is 0.124. The average molecular weight is 155 g/mol. The molecule has 0 saturated carbocycles. The van der Waals surface area contributed by atoms with Gasteiger partial charge in [0.25, 0.3) is 0 Å². The van der Waals surface area contributed by atoms with Crippen LogP contribution in [-0.4, -0.2) is 10.1 Å². The normalized spacial score (nSPS) is 10.9. The van der Waals surface area contributed by atoms with Crippen LogP contribution in [0.3, 0.4) is 0 Å². The van der Waals surface area contributed by atoms with Gasteiger partial charge in [-0.05, 0) is 11.4 Å². The maximum absolute atomic E-state index is 8.61. The summed E-state index contributed by atoms with van der Waals surface area (Å²) in [6, 6.07) is 1.84. The zero-order valence-corrected chi connectivity index (χ0v) is 5.89. The van der Waals surface area contributed by atoms with E-state index in [0.717, 1.165) is 10.4 Å². The molecule has 2 rings (SSSR count). The molecule has 0 atom stereocenters. The number of rotatable bonds is 1. The van der Waals surface area contributed by atoms with Gasteiger partial charge >= 0.3 is 0 Å². The second kappa shape index (κ2) is 2.07. The first-order valence-electron chi connectivity index (χ1n) is 2.84. The molecule has 2 heterocycles. The lowest BCUT2D eigenvalue weighted by Gasteiger charge is -1.79. The molecule has 0 radical (unpaired) electrons. The molecule has 0 bridgehead atoms. The maximum Gasteiger partial charge on any atom is 0.222 e. The van der Waals surface area contributed by atoms with E-state index in [4.69, 9.17) is 9.52 Å². The van der Waals surface area contributed by atoms with Crippen molar-refractivity contribution in [2.75, 3.05) is 0 Å². The summed E-state index contributed by atoms with van der Waals surface area (Å²) in [7, 11) is 0. The molecule has 0 unspecified atom stereocenters. The summed E-state index contributed by atoms with van der Waals surface area (Å²) in [5, 5.41) is 10.5. The Morgan fingerprint density at radius 2 is 2.60 bits per heavy atom. The Morgan fingerprint density at radius 1 is 1.70 bits per heavy atom. The highest BCUT2D eigenvalue weighted by Crippen LogP contribution is 2.20. The third-order valence-corrected chi connectivity index (χ3v) is 1.99. The van der Waals surface area contributed by atoms with Crippen LogP contribution in [0.15, 0.2) is 15.9 Å². The molecule has 2 aromatic rings. The number of aromatic nitrogens is 1. The molecule has 0 fully saturated rings. The summed E-state index contributed by atoms with van der Waals surface area (Å²) in [6.45, 7) is -0.124. The summed E-state index contributed by atoms with van der Waals surface area (Å²) in [6.07, 6.45) is 0. The van der Waals surface area contributed by atoms with Crippen LogP contribution in [-0.2, 0) is 6.61 Å².